The number of hydrogen-bond donors (Lipinski definition) is 1. The van der Waals surface area contributed by atoms with Gasteiger partial charge < -0.3 is 0 Å². The van der Waals surface area contributed by atoms with Crippen molar-refractivity contribution in [2.45, 2.75) is 84.6 Å². The molecule has 0 aromatic heterocycles. The minimum absolute atomic E-state index is 0.113. The molecule has 0 saturated carbocycles. The van der Waals surface area contributed by atoms with E-state index in [1.807, 2.05) is 0 Å². The van der Waals surface area contributed by atoms with Crippen LogP contribution in [-0.2, 0) is 16.2 Å². The molecule has 35 heavy (non-hydrogen) atoms. The predicted octanol–water partition coefficient (Wildman–Crippen LogP) is 8.69. The van der Waals surface area contributed by atoms with E-state index in [4.69, 9.17) is 0 Å². The highest BCUT2D eigenvalue weighted by Crippen LogP contribution is 2.37. The third-order valence-corrected chi connectivity index (χ3v) is 7.04. The van der Waals surface area contributed by atoms with Gasteiger partial charge in [0.2, 0.25) is 0 Å². The molecule has 3 aromatic carbocycles. The summed E-state index contributed by atoms with van der Waals surface area (Å²) in [5.41, 5.74) is 13.0. The first-order chi connectivity index (χ1) is 16.2. The summed E-state index contributed by atoms with van der Waals surface area (Å²) < 4.78 is 0. The Hall–Kier alpha value is -3.00. The second-order valence-corrected chi connectivity index (χ2v) is 13.0. The summed E-state index contributed by atoms with van der Waals surface area (Å²) in [6.45, 7) is 20.4. The average molecular weight is 467 g/mol. The van der Waals surface area contributed by atoms with Gasteiger partial charge in [-0.2, -0.15) is 0 Å². The fourth-order valence-electron chi connectivity index (χ4n) is 4.55. The van der Waals surface area contributed by atoms with Crippen LogP contribution < -0.4 is 10.4 Å². The lowest BCUT2D eigenvalue weighted by Gasteiger charge is -2.29. The summed E-state index contributed by atoms with van der Waals surface area (Å²) in [6, 6.07) is 27.2. The van der Waals surface area contributed by atoms with Gasteiger partial charge in [-0.05, 0) is 62.3 Å². The summed E-state index contributed by atoms with van der Waals surface area (Å²) in [5, 5.41) is 2.30. The fourth-order valence-corrected chi connectivity index (χ4v) is 4.55. The molecule has 0 saturated heterocycles. The van der Waals surface area contributed by atoms with Crippen LogP contribution in [0.2, 0.25) is 0 Å². The van der Waals surface area contributed by atoms with Crippen LogP contribution in [0.3, 0.4) is 0 Å². The molecule has 1 atom stereocenters. The Labute approximate surface area is 213 Å². The summed E-state index contributed by atoms with van der Waals surface area (Å²) >= 11 is 0. The highest BCUT2D eigenvalue weighted by molar-refractivity contribution is 5.72. The van der Waals surface area contributed by atoms with E-state index in [-0.39, 0.29) is 22.3 Å². The molecule has 1 aliphatic rings. The molecule has 0 aliphatic carbocycles. The van der Waals surface area contributed by atoms with Gasteiger partial charge >= 0.3 is 0 Å². The molecule has 1 unspecified atom stereocenters. The molecule has 0 spiro atoms. The van der Waals surface area contributed by atoms with Gasteiger partial charge in [0, 0.05) is 0 Å². The van der Waals surface area contributed by atoms with E-state index in [9.17, 15) is 0 Å². The Bertz CT molecular complexity index is 1180. The first-order valence-electron chi connectivity index (χ1n) is 12.8. The maximum atomic E-state index is 3.73. The molecule has 3 aromatic rings. The topological polar surface area (TPSA) is 15.3 Å². The molecule has 0 radical (unpaired) electrons. The first kappa shape index (κ1) is 25.1. The summed E-state index contributed by atoms with van der Waals surface area (Å²) in [7, 11) is 0. The lowest BCUT2D eigenvalue weighted by molar-refractivity contribution is 0.588. The maximum absolute atomic E-state index is 3.73. The quantitative estimate of drug-likeness (QED) is 0.415. The molecule has 2 nitrogen and oxygen atoms in total. The molecular weight excluding hydrogens is 424 g/mol. The van der Waals surface area contributed by atoms with Crippen LogP contribution in [0, 0.1) is 0 Å². The Morgan fingerprint density at radius 2 is 0.943 bits per heavy atom. The summed E-state index contributed by atoms with van der Waals surface area (Å²) in [6.07, 6.45) is 2.36. The van der Waals surface area contributed by atoms with Crippen molar-refractivity contribution in [2.75, 3.05) is 5.01 Å². The van der Waals surface area contributed by atoms with Crippen molar-refractivity contribution in [3.8, 4) is 0 Å². The van der Waals surface area contributed by atoms with Crippen LogP contribution in [0.5, 0.6) is 0 Å². The molecule has 4 rings (SSSR count). The van der Waals surface area contributed by atoms with E-state index < -0.39 is 0 Å². The first-order valence-corrected chi connectivity index (χ1v) is 12.8. The van der Waals surface area contributed by atoms with Gasteiger partial charge in [0.05, 0.1) is 17.4 Å². The molecule has 1 N–H and O–H groups in total. The zero-order valence-corrected chi connectivity index (χ0v) is 23.0. The number of rotatable bonds is 3. The maximum Gasteiger partial charge on any atom is 0.0958 e. The van der Waals surface area contributed by atoms with E-state index in [1.54, 1.807) is 0 Å². The van der Waals surface area contributed by atoms with Crippen molar-refractivity contribution < 1.29 is 0 Å². The van der Waals surface area contributed by atoms with Gasteiger partial charge in [0.25, 0.3) is 0 Å². The minimum atomic E-state index is 0.113. The van der Waals surface area contributed by atoms with E-state index in [2.05, 4.69) is 152 Å². The van der Waals surface area contributed by atoms with Crippen molar-refractivity contribution in [1.82, 2.24) is 5.43 Å². The van der Waals surface area contributed by atoms with Gasteiger partial charge in [0.15, 0.2) is 0 Å². The zero-order chi connectivity index (χ0) is 25.6. The highest BCUT2D eigenvalue weighted by atomic mass is 15.5. The SMILES string of the molecule is CC(C)(C)c1ccc(C2=CC(c3ccc(C(C)(C)C)cc3)N(c3ccc(C(C)(C)C)cc3)N2)cc1. The van der Waals surface area contributed by atoms with Crippen LogP contribution >= 0.6 is 0 Å². The molecule has 1 heterocycles. The molecule has 0 fully saturated rings. The molecule has 184 valence electrons. The molecule has 2 heteroatoms. The van der Waals surface area contributed by atoms with E-state index in [1.165, 1.54) is 33.5 Å². The van der Waals surface area contributed by atoms with E-state index >= 15 is 0 Å². The Balaban J connectivity index is 1.71. The average Bonchev–Trinajstić information content (AvgIpc) is 3.23. The summed E-state index contributed by atoms with van der Waals surface area (Å²) in [4.78, 5) is 0. The lowest BCUT2D eigenvalue weighted by Crippen LogP contribution is -2.34. The third-order valence-electron chi connectivity index (χ3n) is 7.04. The van der Waals surface area contributed by atoms with Gasteiger partial charge in [-0.15, -0.1) is 0 Å². The van der Waals surface area contributed by atoms with Crippen molar-refractivity contribution >= 4 is 11.4 Å². The van der Waals surface area contributed by atoms with Crippen LogP contribution in [0.15, 0.2) is 78.9 Å². The Kier molecular flexibility index (Phi) is 6.38. The fraction of sp³-hybridized carbons (Fsp3) is 0.394. The standard InChI is InChI=1S/C33H42N2/c1-31(2,3)25-14-10-23(11-15-25)29-22-30(24-12-16-26(17-13-24)32(4,5)6)35(34-29)28-20-18-27(19-21-28)33(7,8)9/h10-22,30,34H,1-9H3. The lowest BCUT2D eigenvalue weighted by atomic mass is 9.86. The van der Waals surface area contributed by atoms with Crippen LogP contribution in [0.25, 0.3) is 5.70 Å². The van der Waals surface area contributed by atoms with E-state index in [0.717, 1.165) is 5.70 Å². The molecule has 0 bridgehead atoms. The number of hydrogen-bond acceptors (Lipinski definition) is 2. The second kappa shape index (κ2) is 8.90. The second-order valence-electron chi connectivity index (χ2n) is 13.0. The van der Waals surface area contributed by atoms with Crippen LogP contribution in [0.4, 0.5) is 5.69 Å². The molecular formula is C33H42N2. The minimum Gasteiger partial charge on any atom is -0.297 e. The third kappa shape index (κ3) is 5.48. The smallest absolute Gasteiger partial charge is 0.0958 e. The summed E-state index contributed by atoms with van der Waals surface area (Å²) in [5.74, 6) is 0. The number of anilines is 1. The van der Waals surface area contributed by atoms with Crippen LogP contribution in [-0.4, -0.2) is 0 Å². The number of hydrazine groups is 1. The largest absolute Gasteiger partial charge is 0.297 e. The van der Waals surface area contributed by atoms with Crippen molar-refractivity contribution in [2.24, 2.45) is 0 Å². The molecule has 1 aliphatic heterocycles. The number of nitrogens with one attached hydrogen (secondary N) is 1. The van der Waals surface area contributed by atoms with Crippen molar-refractivity contribution in [3.63, 3.8) is 0 Å². The number of nitrogens with zero attached hydrogens (tertiary/aromatic N) is 1. The highest BCUT2D eigenvalue weighted by Gasteiger charge is 2.28. The van der Waals surface area contributed by atoms with Gasteiger partial charge in [0.1, 0.15) is 0 Å². The molecule has 0 amide bonds. The van der Waals surface area contributed by atoms with E-state index in [0.29, 0.717) is 0 Å². The monoisotopic (exact) mass is 466 g/mol. The van der Waals surface area contributed by atoms with Crippen molar-refractivity contribution in [3.05, 3.63) is 107 Å². The van der Waals surface area contributed by atoms with Gasteiger partial charge in [-0.25, -0.2) is 0 Å². The van der Waals surface area contributed by atoms with Crippen LogP contribution in [0.1, 0.15) is 96.2 Å². The van der Waals surface area contributed by atoms with Gasteiger partial charge in [-0.3, -0.25) is 10.4 Å². The van der Waals surface area contributed by atoms with Gasteiger partial charge in [-0.1, -0.05) is 123 Å². The van der Waals surface area contributed by atoms with Crippen molar-refractivity contribution in [1.29, 1.82) is 0 Å². The Morgan fingerprint density at radius 1 is 0.543 bits per heavy atom. The number of benzene rings is 3. The zero-order valence-electron chi connectivity index (χ0n) is 23.0. The normalized spacial score (nSPS) is 16.8. The predicted molar refractivity (Wildman–Crippen MR) is 152 cm³/mol. The Morgan fingerprint density at radius 3 is 1.37 bits per heavy atom.